The summed E-state index contributed by atoms with van der Waals surface area (Å²) < 4.78 is 22.2. The average molecular weight is 1710 g/mol. The largest absolute Gasteiger partial charge is 0.489 e. The van der Waals surface area contributed by atoms with Gasteiger partial charge < -0.3 is 71.9 Å². The number of para-hydroxylation sites is 1. The zero-order chi connectivity index (χ0) is 83.2. The molecule has 27 nitrogen and oxygen atoms in total. The lowest BCUT2D eigenvalue weighted by atomic mass is 9.95. The standard InChI is InChI=1S/C33H26ClN5O3.C32H38N6O.C30H36N8O2S.2H2O/c34-30-17-21(22-13-15-41-20-22)6-11-28(30)29-16-23-18-36-33(38-31(23)39(32(29)40)25-4-2-1-3-5-25)37-24-7-9-26(10-8-24)42-27-12-14-35-19-27;1-21-4-11-27(28(16-21)24-7-8-24)29-18-25-20-34-32(36-30(25)38(31(29)39)15-14-37(2)3)35-26-9-5-22(6-10-26)17-23-12-13-33-19-23;1-19-26(35-28(41-19)20-6-9-31-10-7-20)25-16-21-17-33-30(36-27(21)38(29(25)39)24-8-15-40-18-24)34-22-2-4-23(5-3-22)37-13-11-32-12-14-37;;/h1-11,13,15-18,20,27,35H,12,14,19H2,(H,36,37,38);4-6,9-11,16,18,20,23-24,33H,7-8,12-15,17,19H2,1-3H3,(H,34,35,36);2-5,16-17,20,24,31-32H,6-15,18H2,1H3,(H,33,34,36);2*1H2. The van der Waals surface area contributed by atoms with Crippen LogP contribution in [0.25, 0.3) is 83.4 Å². The van der Waals surface area contributed by atoms with Crippen LogP contribution in [0.15, 0.2) is 214 Å². The monoisotopic (exact) mass is 1710 g/mol. The van der Waals surface area contributed by atoms with Crippen LogP contribution >= 0.6 is 22.9 Å². The Labute approximate surface area is 727 Å². The van der Waals surface area contributed by atoms with Crippen molar-refractivity contribution in [2.24, 2.45) is 5.92 Å². The van der Waals surface area contributed by atoms with Gasteiger partial charge in [-0.15, -0.1) is 11.3 Å². The van der Waals surface area contributed by atoms with Crippen LogP contribution < -0.4 is 63.5 Å². The number of halogens is 1. The van der Waals surface area contributed by atoms with Gasteiger partial charge in [0, 0.05) is 148 Å². The maximum absolute atomic E-state index is 14.1. The number of hydrogen-bond acceptors (Lipinski definition) is 23. The molecule has 1 saturated carbocycles. The van der Waals surface area contributed by atoms with E-state index in [0.29, 0.717) is 99.2 Å². The van der Waals surface area contributed by atoms with Gasteiger partial charge in [-0.05, 0) is 249 Å². The van der Waals surface area contributed by atoms with E-state index in [9.17, 15) is 14.4 Å². The fourth-order valence-corrected chi connectivity index (χ4v) is 18.4. The second kappa shape index (κ2) is 38.9. The predicted molar refractivity (Wildman–Crippen MR) is 495 cm³/mol. The van der Waals surface area contributed by atoms with Crippen molar-refractivity contribution in [1.29, 1.82) is 0 Å². The van der Waals surface area contributed by atoms with Crippen molar-refractivity contribution in [2.45, 2.75) is 95.7 Å². The highest BCUT2D eigenvalue weighted by atomic mass is 35.5. The summed E-state index contributed by atoms with van der Waals surface area (Å²) in [6.45, 7) is 16.7. The number of rotatable bonds is 22. The van der Waals surface area contributed by atoms with E-state index < -0.39 is 0 Å². The Hall–Kier alpha value is -11.9. The maximum atomic E-state index is 14.1. The molecule has 6 aromatic carbocycles. The van der Waals surface area contributed by atoms with Crippen molar-refractivity contribution in [3.63, 3.8) is 0 Å². The summed E-state index contributed by atoms with van der Waals surface area (Å²) in [4.78, 5) is 81.1. The smallest absolute Gasteiger partial charge is 0.264 e. The van der Waals surface area contributed by atoms with Gasteiger partial charge in [0.1, 0.15) is 23.1 Å². The van der Waals surface area contributed by atoms with Gasteiger partial charge in [-0.1, -0.05) is 77.8 Å². The predicted octanol–water partition coefficient (Wildman–Crippen LogP) is 14.1. The highest BCUT2D eigenvalue weighted by Crippen LogP contribution is 2.45. The quantitative estimate of drug-likeness (QED) is 0.0331. The fraction of sp³-hybridized carbons (Fsp3) is 0.326. The molecule has 3 unspecified atom stereocenters. The van der Waals surface area contributed by atoms with Gasteiger partial charge in [-0.25, -0.2) is 19.9 Å². The van der Waals surface area contributed by atoms with Crippen molar-refractivity contribution in [3.05, 3.63) is 258 Å². The van der Waals surface area contributed by atoms with Gasteiger partial charge >= 0.3 is 0 Å². The minimum Gasteiger partial charge on any atom is -0.489 e. The van der Waals surface area contributed by atoms with Crippen molar-refractivity contribution in [2.75, 3.05) is 120 Å². The first kappa shape index (κ1) is 85.6. The molecule has 0 spiro atoms. The molecule has 640 valence electrons. The Balaban J connectivity index is 0.000000136. The lowest BCUT2D eigenvalue weighted by Crippen LogP contribution is -2.43. The number of anilines is 7. The molecule has 5 saturated heterocycles. The van der Waals surface area contributed by atoms with Crippen molar-refractivity contribution >= 4 is 96.6 Å². The molecule has 29 heteroatoms. The molecule has 1 aliphatic carbocycles. The number of thiazole rings is 1. The number of hydrogen-bond donors (Lipinski definition) is 7. The topological polar surface area (TPSA) is 342 Å². The minimum absolute atomic E-state index is 0. The molecule has 6 aliphatic rings. The molecule has 124 heavy (non-hydrogen) atoms. The first-order valence-corrected chi connectivity index (χ1v) is 43.7. The van der Waals surface area contributed by atoms with Crippen LogP contribution in [0.3, 0.4) is 0 Å². The highest BCUT2D eigenvalue weighted by molar-refractivity contribution is 7.12. The van der Waals surface area contributed by atoms with E-state index in [1.165, 1.54) is 41.6 Å². The third-order valence-electron chi connectivity index (χ3n) is 23.7. The summed E-state index contributed by atoms with van der Waals surface area (Å²) >= 11 is 8.47. The molecule has 0 amide bonds. The molecule has 0 bridgehead atoms. The molecule has 13 heterocycles. The number of nitrogens with one attached hydrogen (secondary N) is 7. The summed E-state index contributed by atoms with van der Waals surface area (Å²) in [6.07, 6.45) is 17.5. The molecule has 14 aromatic rings. The summed E-state index contributed by atoms with van der Waals surface area (Å²) in [6, 6.07) is 53.6. The number of aryl methyl sites for hydroxylation is 2. The molecule has 8 aromatic heterocycles. The fourth-order valence-electron chi connectivity index (χ4n) is 17.0. The molecule has 20 rings (SSSR count). The second-order valence-electron chi connectivity index (χ2n) is 32.7. The van der Waals surface area contributed by atoms with Gasteiger partial charge in [0.05, 0.1) is 47.1 Å². The summed E-state index contributed by atoms with van der Waals surface area (Å²) in [5.74, 6) is 3.86. The van der Waals surface area contributed by atoms with Crippen molar-refractivity contribution in [1.82, 2.24) is 74.8 Å². The van der Waals surface area contributed by atoms with Gasteiger partial charge in [-0.3, -0.25) is 28.1 Å². The normalized spacial score (nSPS) is 17.1. The number of fused-ring (bicyclic) bond motifs is 3. The van der Waals surface area contributed by atoms with Crippen LogP contribution in [0.2, 0.25) is 5.02 Å². The van der Waals surface area contributed by atoms with Crippen LogP contribution in [0.5, 0.6) is 5.75 Å². The zero-order valence-electron chi connectivity index (χ0n) is 70.0. The first-order chi connectivity index (χ1) is 59.7. The summed E-state index contributed by atoms with van der Waals surface area (Å²) in [7, 11) is 4.05. The van der Waals surface area contributed by atoms with E-state index in [4.69, 9.17) is 45.4 Å². The average Bonchev–Trinajstić information content (AvgIpc) is 1.14. The Morgan fingerprint density at radius 1 is 0.556 bits per heavy atom. The summed E-state index contributed by atoms with van der Waals surface area (Å²) in [5.41, 5.74) is 15.9. The molecule has 0 radical (unpaired) electrons. The third kappa shape index (κ3) is 19.5. The van der Waals surface area contributed by atoms with Gasteiger partial charge in [0.2, 0.25) is 17.8 Å². The van der Waals surface area contributed by atoms with Crippen molar-refractivity contribution in [3.8, 4) is 56.1 Å². The first-order valence-electron chi connectivity index (χ1n) is 42.5. The molecule has 11 N–H and O–H groups in total. The zero-order valence-corrected chi connectivity index (χ0v) is 71.6. The van der Waals surface area contributed by atoms with E-state index in [1.54, 1.807) is 40.7 Å². The Morgan fingerprint density at radius 3 is 1.81 bits per heavy atom. The number of benzene rings is 6. The van der Waals surface area contributed by atoms with E-state index in [0.717, 1.165) is 181 Å². The third-order valence-corrected chi connectivity index (χ3v) is 25.2. The van der Waals surface area contributed by atoms with Gasteiger partial charge in [-0.2, -0.15) is 15.0 Å². The maximum Gasteiger partial charge on any atom is 0.264 e. The summed E-state index contributed by atoms with van der Waals surface area (Å²) in [5, 5.41) is 27.5. The van der Waals surface area contributed by atoms with Crippen LogP contribution in [-0.4, -0.2) is 170 Å². The number of piperazine rings is 1. The lowest BCUT2D eigenvalue weighted by molar-refractivity contribution is 0.186. The van der Waals surface area contributed by atoms with E-state index in [1.807, 2.05) is 127 Å². The number of likely N-dealkylation sites (N-methyl/N-ethyl adjacent to an activating group) is 1. The Kier molecular flexibility index (Phi) is 26.8. The molecular formula is C95H104ClN19O8S. The second-order valence-corrected chi connectivity index (χ2v) is 34.4. The number of nitrogens with zero attached hydrogens (tertiary/aromatic N) is 12. The van der Waals surface area contributed by atoms with Crippen LogP contribution in [0.1, 0.15) is 89.4 Å². The number of aromatic nitrogens is 10. The number of ether oxygens (including phenoxy) is 2. The van der Waals surface area contributed by atoms with Crippen molar-refractivity contribution < 1.29 is 24.8 Å². The van der Waals surface area contributed by atoms with Crippen LogP contribution in [0, 0.1) is 19.8 Å². The van der Waals surface area contributed by atoms with Crippen LogP contribution in [-0.2, 0) is 17.7 Å². The highest BCUT2D eigenvalue weighted by Gasteiger charge is 2.31. The van der Waals surface area contributed by atoms with Gasteiger partial charge in [0.15, 0.2) is 5.65 Å². The number of piperidine rings is 1. The van der Waals surface area contributed by atoms with E-state index in [2.05, 4.69) is 143 Å². The Bertz CT molecular complexity index is 6240. The molecule has 3 atom stereocenters. The number of furan rings is 1. The SMILES string of the molecule is Cc1ccc(-c2cc3cnc(Nc4ccc(CC5CCNC5)cc4)nc3n(CCN(C)C)c2=O)c(C2CC2)c1.Cc1sc(C2CCNCC2)nc1-c1cc2cnc(Nc3ccc(N4CCNCC4)cc3)nc2n(C2CCOC2)c1=O.O.O.O=c1c(-c2ccc(-c3ccoc3)cc2Cl)cc2cnc(Nc3ccc(OC4CCNC4)cc3)nc2n1-c1ccccc1. The number of pyridine rings is 3. The van der Waals surface area contributed by atoms with E-state index in [-0.39, 0.29) is 39.8 Å². The lowest BCUT2D eigenvalue weighted by Gasteiger charge is -2.29. The van der Waals surface area contributed by atoms with Gasteiger partial charge in [0.25, 0.3) is 16.7 Å². The van der Waals surface area contributed by atoms with E-state index >= 15 is 0 Å². The van der Waals surface area contributed by atoms with Crippen LogP contribution in [0.4, 0.5) is 40.6 Å². The molecule has 6 fully saturated rings. The molecule has 5 aliphatic heterocycles. The Morgan fingerprint density at radius 2 is 1.18 bits per heavy atom. The minimum atomic E-state index is -0.237. The molecular weight excluding hydrogens is 1600 g/mol.